The predicted octanol–water partition coefficient (Wildman–Crippen LogP) is 1.54. The highest BCUT2D eigenvalue weighted by Gasteiger charge is 1.95. The zero-order valence-corrected chi connectivity index (χ0v) is 8.23. The number of nitrogens with one attached hydrogen (secondary N) is 1. The summed E-state index contributed by atoms with van der Waals surface area (Å²) < 4.78 is 4.94. The summed E-state index contributed by atoms with van der Waals surface area (Å²) in [6, 6.07) is 7.44. The molecule has 0 aliphatic rings. The molecule has 0 heterocycles. The largest absolute Gasteiger partial charge is 0.384 e. The molecule has 0 fully saturated rings. The van der Waals surface area contributed by atoms with Crippen LogP contribution in [0.5, 0.6) is 0 Å². The number of rotatable bonds is 3. The van der Waals surface area contributed by atoms with Crippen molar-refractivity contribution in [2.75, 3.05) is 7.11 Å². The molecule has 0 spiro atoms. The van der Waals surface area contributed by atoms with E-state index in [4.69, 9.17) is 15.9 Å². The van der Waals surface area contributed by atoms with Crippen LogP contribution in [-0.2, 0) is 11.3 Å². The lowest BCUT2D eigenvalue weighted by Crippen LogP contribution is -2.10. The summed E-state index contributed by atoms with van der Waals surface area (Å²) in [6.07, 6.45) is 0. The molecule has 0 aromatic heterocycles. The summed E-state index contributed by atoms with van der Waals surface area (Å²) in [5, 5.41) is 7.15. The fourth-order valence-corrected chi connectivity index (χ4v) is 0.947. The van der Waals surface area contributed by atoms with E-state index in [1.807, 2.05) is 24.3 Å². The molecule has 0 amide bonds. The lowest BCUT2D eigenvalue weighted by molar-refractivity contribution is 0.185. The van der Waals surface area contributed by atoms with Crippen LogP contribution < -0.4 is 5.73 Å². The van der Waals surface area contributed by atoms with Gasteiger partial charge >= 0.3 is 0 Å². The van der Waals surface area contributed by atoms with Gasteiger partial charge in [-0.15, -0.1) is 12.4 Å². The minimum atomic E-state index is 0. The Labute approximate surface area is 83.8 Å². The van der Waals surface area contributed by atoms with Gasteiger partial charge in [0.15, 0.2) is 0 Å². The summed E-state index contributed by atoms with van der Waals surface area (Å²) in [5.41, 5.74) is 7.12. The first kappa shape index (κ1) is 11.9. The molecule has 3 nitrogen and oxygen atoms in total. The van der Waals surface area contributed by atoms with Crippen LogP contribution >= 0.6 is 12.4 Å². The van der Waals surface area contributed by atoms with Crippen LogP contribution in [0, 0.1) is 5.41 Å². The summed E-state index contributed by atoms with van der Waals surface area (Å²) in [5.74, 6) is 0.0963. The van der Waals surface area contributed by atoms with Gasteiger partial charge in [0.05, 0.1) is 6.61 Å². The van der Waals surface area contributed by atoms with Crippen molar-refractivity contribution in [3.63, 3.8) is 0 Å². The fourth-order valence-electron chi connectivity index (χ4n) is 0.947. The zero-order valence-electron chi connectivity index (χ0n) is 7.41. The number of benzene rings is 1. The van der Waals surface area contributed by atoms with Gasteiger partial charge in [0, 0.05) is 12.7 Å². The number of amidine groups is 1. The van der Waals surface area contributed by atoms with Crippen molar-refractivity contribution in [1.82, 2.24) is 0 Å². The Morgan fingerprint density at radius 1 is 1.38 bits per heavy atom. The maximum atomic E-state index is 7.15. The Morgan fingerprint density at radius 2 is 1.92 bits per heavy atom. The van der Waals surface area contributed by atoms with Gasteiger partial charge in [0.2, 0.25) is 0 Å². The van der Waals surface area contributed by atoms with E-state index in [0.29, 0.717) is 6.61 Å². The number of methoxy groups -OCH3 is 1. The molecule has 1 rings (SSSR count). The Hall–Kier alpha value is -1.06. The van der Waals surface area contributed by atoms with Crippen molar-refractivity contribution in [2.24, 2.45) is 5.73 Å². The summed E-state index contributed by atoms with van der Waals surface area (Å²) in [7, 11) is 1.65. The second-order valence-electron chi connectivity index (χ2n) is 2.54. The van der Waals surface area contributed by atoms with E-state index in [0.717, 1.165) is 11.1 Å². The molecular weight excluding hydrogens is 188 g/mol. The average molecular weight is 201 g/mol. The van der Waals surface area contributed by atoms with Crippen LogP contribution in [0.4, 0.5) is 0 Å². The van der Waals surface area contributed by atoms with Gasteiger partial charge in [-0.1, -0.05) is 24.3 Å². The maximum Gasteiger partial charge on any atom is 0.122 e. The topological polar surface area (TPSA) is 59.1 Å². The van der Waals surface area contributed by atoms with Gasteiger partial charge in [-0.2, -0.15) is 0 Å². The quantitative estimate of drug-likeness (QED) is 0.575. The molecule has 0 radical (unpaired) electrons. The lowest BCUT2D eigenvalue weighted by Gasteiger charge is -2.00. The average Bonchev–Trinajstić information content (AvgIpc) is 2.06. The van der Waals surface area contributed by atoms with Crippen LogP contribution in [0.2, 0.25) is 0 Å². The van der Waals surface area contributed by atoms with Gasteiger partial charge in [0.1, 0.15) is 5.84 Å². The molecule has 72 valence electrons. The van der Waals surface area contributed by atoms with E-state index >= 15 is 0 Å². The van der Waals surface area contributed by atoms with Gasteiger partial charge in [-0.25, -0.2) is 0 Å². The fraction of sp³-hybridized carbons (Fsp3) is 0.222. The third-order valence-corrected chi connectivity index (χ3v) is 1.58. The van der Waals surface area contributed by atoms with Crippen LogP contribution in [0.3, 0.4) is 0 Å². The van der Waals surface area contributed by atoms with Gasteiger partial charge < -0.3 is 10.5 Å². The maximum absolute atomic E-state index is 7.15. The first-order valence-corrected chi connectivity index (χ1v) is 3.66. The van der Waals surface area contributed by atoms with Crippen molar-refractivity contribution in [1.29, 1.82) is 5.41 Å². The van der Waals surface area contributed by atoms with Gasteiger partial charge in [-0.3, -0.25) is 5.41 Å². The van der Waals surface area contributed by atoms with Crippen molar-refractivity contribution in [2.45, 2.75) is 6.61 Å². The van der Waals surface area contributed by atoms with Crippen molar-refractivity contribution >= 4 is 18.2 Å². The Bertz CT molecular complexity index is 271. The molecule has 0 bridgehead atoms. The van der Waals surface area contributed by atoms with Crippen LogP contribution in [0.25, 0.3) is 0 Å². The number of hydrogen-bond acceptors (Lipinski definition) is 2. The molecule has 13 heavy (non-hydrogen) atoms. The molecule has 0 saturated carbocycles. The van der Waals surface area contributed by atoms with Crippen LogP contribution in [0.15, 0.2) is 24.3 Å². The van der Waals surface area contributed by atoms with Crippen LogP contribution in [-0.4, -0.2) is 12.9 Å². The molecule has 4 heteroatoms. The zero-order chi connectivity index (χ0) is 8.97. The molecule has 0 atom stereocenters. The highest BCUT2D eigenvalue weighted by atomic mass is 35.5. The van der Waals surface area contributed by atoms with E-state index in [2.05, 4.69) is 0 Å². The molecule has 0 saturated heterocycles. The van der Waals surface area contributed by atoms with Gasteiger partial charge in [0.25, 0.3) is 0 Å². The molecule has 3 N–H and O–H groups in total. The third kappa shape index (κ3) is 3.44. The van der Waals surface area contributed by atoms with Crippen molar-refractivity contribution in [3.05, 3.63) is 35.4 Å². The number of ether oxygens (including phenoxy) is 1. The minimum Gasteiger partial charge on any atom is -0.384 e. The Kier molecular flexibility index (Phi) is 5.11. The normalized spacial score (nSPS) is 9.00. The lowest BCUT2D eigenvalue weighted by atomic mass is 10.1. The Balaban J connectivity index is 0.00000144. The summed E-state index contributed by atoms with van der Waals surface area (Å²) >= 11 is 0. The monoisotopic (exact) mass is 200 g/mol. The standard InChI is InChI=1S/C9H12N2O.ClH/c1-12-6-7-2-4-8(5-3-7)9(10)11;/h2-5H,6H2,1H3,(H3,10,11);1H. The molecule has 0 unspecified atom stereocenters. The summed E-state index contributed by atoms with van der Waals surface area (Å²) in [4.78, 5) is 0. The molecule has 0 aliphatic carbocycles. The van der Waals surface area contributed by atoms with Crippen molar-refractivity contribution in [3.8, 4) is 0 Å². The second-order valence-corrected chi connectivity index (χ2v) is 2.54. The minimum absolute atomic E-state index is 0. The van der Waals surface area contributed by atoms with E-state index in [9.17, 15) is 0 Å². The number of nitrogen functional groups attached to an aromatic ring is 1. The number of nitrogens with two attached hydrogens (primary N) is 1. The summed E-state index contributed by atoms with van der Waals surface area (Å²) in [6.45, 7) is 0.595. The Morgan fingerprint density at radius 3 is 2.31 bits per heavy atom. The first-order valence-electron chi connectivity index (χ1n) is 3.66. The highest BCUT2D eigenvalue weighted by Crippen LogP contribution is 2.04. The second kappa shape index (κ2) is 5.56. The number of hydrogen-bond donors (Lipinski definition) is 2. The van der Waals surface area contributed by atoms with Gasteiger partial charge in [-0.05, 0) is 5.56 Å². The van der Waals surface area contributed by atoms with Crippen molar-refractivity contribution < 1.29 is 4.74 Å². The van der Waals surface area contributed by atoms with Crippen LogP contribution in [0.1, 0.15) is 11.1 Å². The van der Waals surface area contributed by atoms with E-state index in [1.165, 1.54) is 0 Å². The van der Waals surface area contributed by atoms with E-state index < -0.39 is 0 Å². The third-order valence-electron chi connectivity index (χ3n) is 1.58. The number of halogens is 1. The SMILES string of the molecule is COCc1ccc(C(=N)N)cc1.Cl. The van der Waals surface area contributed by atoms with E-state index in [-0.39, 0.29) is 18.2 Å². The molecule has 1 aromatic rings. The first-order chi connectivity index (χ1) is 5.74. The highest BCUT2D eigenvalue weighted by molar-refractivity contribution is 5.94. The molecule has 0 aliphatic heterocycles. The molecule has 1 aromatic carbocycles. The van der Waals surface area contributed by atoms with E-state index in [1.54, 1.807) is 7.11 Å². The molecular formula is C9H13ClN2O. The predicted molar refractivity (Wildman–Crippen MR) is 55.4 cm³/mol. The smallest absolute Gasteiger partial charge is 0.122 e.